The number of nitrogens with one attached hydrogen (secondary N) is 1. The molecular formula is C8H17NO3. The van der Waals surface area contributed by atoms with Crippen molar-refractivity contribution in [2.45, 2.75) is 32.8 Å². The predicted molar refractivity (Wildman–Crippen MR) is 45.9 cm³/mol. The van der Waals surface area contributed by atoms with E-state index in [1.165, 1.54) is 12.8 Å². The van der Waals surface area contributed by atoms with Crippen LogP contribution in [0.1, 0.15) is 26.7 Å². The Balaban J connectivity index is 0.000000261. The number of amides is 1. The second kappa shape index (κ2) is 6.91. The Bertz CT molecular complexity index is 125. The van der Waals surface area contributed by atoms with Gasteiger partial charge in [0.1, 0.15) is 6.10 Å². The minimum absolute atomic E-state index is 0.0985. The largest absolute Gasteiger partial charge is 0.442 e. The SMILES string of the molecule is CCCC.O=C1NCC(CO)O1. The molecule has 12 heavy (non-hydrogen) atoms. The first-order valence-electron chi connectivity index (χ1n) is 4.29. The lowest BCUT2D eigenvalue weighted by Crippen LogP contribution is -2.17. The lowest BCUT2D eigenvalue weighted by molar-refractivity contribution is 0.0961. The van der Waals surface area contributed by atoms with Gasteiger partial charge in [-0.2, -0.15) is 0 Å². The second-order valence-corrected chi connectivity index (χ2v) is 2.59. The van der Waals surface area contributed by atoms with Gasteiger partial charge in [0.25, 0.3) is 0 Å². The van der Waals surface area contributed by atoms with Gasteiger partial charge >= 0.3 is 6.09 Å². The number of rotatable bonds is 2. The molecule has 2 N–H and O–H groups in total. The zero-order valence-electron chi connectivity index (χ0n) is 7.67. The summed E-state index contributed by atoms with van der Waals surface area (Å²) < 4.78 is 4.51. The van der Waals surface area contributed by atoms with E-state index in [9.17, 15) is 4.79 Å². The molecule has 4 heteroatoms. The van der Waals surface area contributed by atoms with E-state index in [4.69, 9.17) is 5.11 Å². The van der Waals surface area contributed by atoms with Crippen molar-refractivity contribution in [1.29, 1.82) is 0 Å². The van der Waals surface area contributed by atoms with Gasteiger partial charge in [0, 0.05) is 0 Å². The summed E-state index contributed by atoms with van der Waals surface area (Å²) in [5.74, 6) is 0. The third kappa shape index (κ3) is 4.96. The van der Waals surface area contributed by atoms with Gasteiger partial charge in [0.2, 0.25) is 0 Å². The third-order valence-electron chi connectivity index (χ3n) is 1.45. The van der Waals surface area contributed by atoms with Crippen molar-refractivity contribution >= 4 is 6.09 Å². The Morgan fingerprint density at radius 2 is 2.17 bits per heavy atom. The van der Waals surface area contributed by atoms with Crippen LogP contribution in [0, 0.1) is 0 Å². The smallest absolute Gasteiger partial charge is 0.407 e. The van der Waals surface area contributed by atoms with Crippen LogP contribution in [0.2, 0.25) is 0 Å². The molecule has 1 fully saturated rings. The quantitative estimate of drug-likeness (QED) is 0.655. The number of alkyl carbamates (subject to hydrolysis) is 1. The molecular weight excluding hydrogens is 158 g/mol. The maximum atomic E-state index is 10.2. The molecule has 1 aliphatic heterocycles. The van der Waals surface area contributed by atoms with Crippen molar-refractivity contribution in [2.24, 2.45) is 0 Å². The van der Waals surface area contributed by atoms with E-state index in [1.807, 2.05) is 0 Å². The minimum Gasteiger partial charge on any atom is -0.442 e. The summed E-state index contributed by atoms with van der Waals surface area (Å²) in [5, 5.41) is 10.8. The third-order valence-corrected chi connectivity index (χ3v) is 1.45. The first kappa shape index (κ1) is 11.2. The fourth-order valence-electron chi connectivity index (χ4n) is 0.534. The lowest BCUT2D eigenvalue weighted by Gasteiger charge is -1.98. The molecule has 1 heterocycles. The van der Waals surface area contributed by atoms with Crippen LogP contribution in [0.5, 0.6) is 0 Å². The fourth-order valence-corrected chi connectivity index (χ4v) is 0.534. The average molecular weight is 175 g/mol. The molecule has 1 amide bonds. The van der Waals surface area contributed by atoms with E-state index in [-0.39, 0.29) is 12.7 Å². The molecule has 0 bridgehead atoms. The predicted octanol–water partition coefficient (Wildman–Crippen LogP) is 0.893. The zero-order valence-corrected chi connectivity index (χ0v) is 7.67. The fraction of sp³-hybridized carbons (Fsp3) is 0.875. The Morgan fingerprint density at radius 3 is 2.33 bits per heavy atom. The van der Waals surface area contributed by atoms with Gasteiger partial charge in [0.15, 0.2) is 0 Å². The van der Waals surface area contributed by atoms with Crippen molar-refractivity contribution in [3.63, 3.8) is 0 Å². The first-order valence-corrected chi connectivity index (χ1v) is 4.29. The second-order valence-electron chi connectivity index (χ2n) is 2.59. The number of hydrogen-bond donors (Lipinski definition) is 2. The highest BCUT2D eigenvalue weighted by atomic mass is 16.6. The highest BCUT2D eigenvalue weighted by Gasteiger charge is 2.20. The number of ether oxygens (including phenoxy) is 1. The van der Waals surface area contributed by atoms with E-state index >= 15 is 0 Å². The zero-order chi connectivity index (χ0) is 9.40. The lowest BCUT2D eigenvalue weighted by atomic mass is 10.4. The van der Waals surface area contributed by atoms with E-state index in [0.29, 0.717) is 6.54 Å². The highest BCUT2D eigenvalue weighted by Crippen LogP contribution is 1.96. The van der Waals surface area contributed by atoms with Crippen LogP contribution in [-0.2, 0) is 4.74 Å². The van der Waals surface area contributed by atoms with Gasteiger partial charge < -0.3 is 15.2 Å². The number of carbonyl (C=O) groups excluding carboxylic acids is 1. The molecule has 4 nitrogen and oxygen atoms in total. The Morgan fingerprint density at radius 1 is 1.58 bits per heavy atom. The number of hydrogen-bond acceptors (Lipinski definition) is 3. The molecule has 0 spiro atoms. The topological polar surface area (TPSA) is 58.6 Å². The molecule has 0 aliphatic carbocycles. The maximum Gasteiger partial charge on any atom is 0.407 e. The summed E-state index contributed by atoms with van der Waals surface area (Å²) in [4.78, 5) is 10.2. The van der Waals surface area contributed by atoms with Crippen LogP contribution in [0.4, 0.5) is 4.79 Å². The molecule has 0 aromatic rings. The maximum absolute atomic E-state index is 10.2. The molecule has 72 valence electrons. The molecule has 1 rings (SSSR count). The van der Waals surface area contributed by atoms with E-state index in [2.05, 4.69) is 23.9 Å². The number of aliphatic hydroxyl groups excluding tert-OH is 1. The van der Waals surface area contributed by atoms with Gasteiger partial charge in [-0.3, -0.25) is 0 Å². The average Bonchev–Trinajstić information content (AvgIpc) is 2.52. The van der Waals surface area contributed by atoms with E-state index in [1.54, 1.807) is 0 Å². The normalized spacial score (nSPS) is 20.6. The van der Waals surface area contributed by atoms with Crippen LogP contribution < -0.4 is 5.32 Å². The monoisotopic (exact) mass is 175 g/mol. The molecule has 0 aromatic heterocycles. The number of carbonyl (C=O) groups is 1. The summed E-state index contributed by atoms with van der Waals surface area (Å²) in [7, 11) is 0. The van der Waals surface area contributed by atoms with E-state index in [0.717, 1.165) is 0 Å². The Kier molecular flexibility index (Phi) is 6.47. The van der Waals surface area contributed by atoms with Crippen molar-refractivity contribution in [1.82, 2.24) is 5.32 Å². The van der Waals surface area contributed by atoms with Gasteiger partial charge in [-0.25, -0.2) is 4.79 Å². The van der Waals surface area contributed by atoms with Gasteiger partial charge in [-0.1, -0.05) is 26.7 Å². The molecule has 1 aliphatic rings. The molecule has 1 saturated heterocycles. The van der Waals surface area contributed by atoms with Crippen molar-refractivity contribution in [3.05, 3.63) is 0 Å². The van der Waals surface area contributed by atoms with E-state index < -0.39 is 6.09 Å². The molecule has 0 saturated carbocycles. The minimum atomic E-state index is -0.441. The molecule has 1 atom stereocenters. The summed E-state index contributed by atoms with van der Waals surface area (Å²) in [5.41, 5.74) is 0. The molecule has 0 aromatic carbocycles. The number of aliphatic hydroxyl groups is 1. The number of unbranched alkanes of at least 4 members (excludes halogenated alkanes) is 1. The standard InChI is InChI=1S/C4H7NO3.C4H10/c6-2-3-1-5-4(7)8-3;1-3-4-2/h3,6H,1-2H2,(H,5,7);3-4H2,1-2H3. The molecule has 1 unspecified atom stereocenters. The summed E-state index contributed by atoms with van der Waals surface area (Å²) in [6.07, 6.45) is 1.87. The first-order chi connectivity index (χ1) is 5.74. The van der Waals surface area contributed by atoms with Crippen LogP contribution in [0.15, 0.2) is 0 Å². The Labute approximate surface area is 72.9 Å². The van der Waals surface area contributed by atoms with Crippen LogP contribution >= 0.6 is 0 Å². The van der Waals surface area contributed by atoms with Crippen LogP contribution in [0.25, 0.3) is 0 Å². The van der Waals surface area contributed by atoms with Crippen LogP contribution in [0.3, 0.4) is 0 Å². The number of cyclic esters (lactones) is 1. The summed E-state index contributed by atoms with van der Waals surface area (Å²) in [6.45, 7) is 4.69. The van der Waals surface area contributed by atoms with Gasteiger partial charge in [-0.05, 0) is 0 Å². The highest BCUT2D eigenvalue weighted by molar-refractivity contribution is 5.69. The van der Waals surface area contributed by atoms with Crippen LogP contribution in [-0.4, -0.2) is 30.5 Å². The van der Waals surface area contributed by atoms with Crippen molar-refractivity contribution < 1.29 is 14.6 Å². The molecule has 0 radical (unpaired) electrons. The van der Waals surface area contributed by atoms with Gasteiger partial charge in [0.05, 0.1) is 13.2 Å². The summed E-state index contributed by atoms with van der Waals surface area (Å²) in [6, 6.07) is 0. The van der Waals surface area contributed by atoms with Crippen molar-refractivity contribution in [2.75, 3.05) is 13.2 Å². The summed E-state index contributed by atoms with van der Waals surface area (Å²) >= 11 is 0. The van der Waals surface area contributed by atoms with Crippen molar-refractivity contribution in [3.8, 4) is 0 Å². The van der Waals surface area contributed by atoms with Gasteiger partial charge in [-0.15, -0.1) is 0 Å². The Hall–Kier alpha value is -0.770.